The van der Waals surface area contributed by atoms with Crippen LogP contribution in [0.5, 0.6) is 0 Å². The predicted molar refractivity (Wildman–Crippen MR) is 178 cm³/mol. The molecule has 48 heavy (non-hydrogen) atoms. The van der Waals surface area contributed by atoms with Crippen LogP contribution in [0.3, 0.4) is 0 Å². The van der Waals surface area contributed by atoms with Gasteiger partial charge in [0.2, 0.25) is 5.91 Å². The zero-order valence-electron chi connectivity index (χ0n) is 28.6. The third-order valence-electron chi connectivity index (χ3n) is 8.27. The average Bonchev–Trinajstić information content (AvgIpc) is 3.55. The molecule has 0 saturated carbocycles. The number of esters is 1. The van der Waals surface area contributed by atoms with Gasteiger partial charge in [0.15, 0.2) is 5.82 Å². The van der Waals surface area contributed by atoms with E-state index >= 15 is 4.39 Å². The molecular formula is C35H48FN5O7. The standard InChI is InChI=1S/C35H48FN5O7/c1-6-7-21-47-34(45)40-19-17-39(18-20-40)33(44)26(13-14-29(42)48-35(2,3)4)38-32(43)27-22-28(41-16-15-25(23-41)46-5)30(36)31(37-27)24-11-9-8-10-12-24/h8-12,22,25-26H,6-7,13-21,23H2,1-5H3,(H,38,43). The first kappa shape index (κ1) is 36.6. The first-order valence-electron chi connectivity index (χ1n) is 16.7. The van der Waals surface area contributed by atoms with E-state index in [4.69, 9.17) is 14.2 Å². The summed E-state index contributed by atoms with van der Waals surface area (Å²) in [6, 6.07) is 9.04. The molecule has 0 radical (unpaired) electrons. The van der Waals surface area contributed by atoms with Gasteiger partial charge in [0.1, 0.15) is 23.0 Å². The molecule has 2 aliphatic rings. The fraction of sp³-hybridized carbons (Fsp3) is 0.571. The van der Waals surface area contributed by atoms with Crippen LogP contribution in [-0.4, -0.2) is 109 Å². The first-order chi connectivity index (χ1) is 22.9. The molecule has 2 unspecified atom stereocenters. The second-order valence-corrected chi connectivity index (χ2v) is 13.1. The van der Waals surface area contributed by atoms with E-state index in [9.17, 15) is 19.2 Å². The molecule has 1 N–H and O–H groups in total. The maximum Gasteiger partial charge on any atom is 0.409 e. The molecule has 2 fully saturated rings. The molecule has 12 nitrogen and oxygen atoms in total. The highest BCUT2D eigenvalue weighted by molar-refractivity contribution is 5.97. The Hall–Kier alpha value is -4.26. The summed E-state index contributed by atoms with van der Waals surface area (Å²) in [7, 11) is 1.61. The smallest absolute Gasteiger partial charge is 0.409 e. The fourth-order valence-electron chi connectivity index (χ4n) is 5.66. The van der Waals surface area contributed by atoms with Crippen molar-refractivity contribution in [2.24, 2.45) is 0 Å². The van der Waals surface area contributed by atoms with E-state index in [0.717, 1.165) is 12.8 Å². The number of hydrogen-bond acceptors (Lipinski definition) is 9. The number of aromatic nitrogens is 1. The second-order valence-electron chi connectivity index (χ2n) is 13.1. The van der Waals surface area contributed by atoms with Crippen LogP contribution >= 0.6 is 0 Å². The molecule has 0 aliphatic carbocycles. The Balaban J connectivity index is 1.56. The summed E-state index contributed by atoms with van der Waals surface area (Å²) in [4.78, 5) is 62.2. The third-order valence-corrected chi connectivity index (χ3v) is 8.27. The number of carbonyl (C=O) groups excluding carboxylic acids is 4. The number of rotatable bonds is 12. The van der Waals surface area contributed by atoms with Crippen molar-refractivity contribution in [3.63, 3.8) is 0 Å². The van der Waals surface area contributed by atoms with E-state index in [1.54, 1.807) is 68.0 Å². The lowest BCUT2D eigenvalue weighted by atomic mass is 10.1. The second kappa shape index (κ2) is 16.7. The predicted octanol–water partition coefficient (Wildman–Crippen LogP) is 4.41. The van der Waals surface area contributed by atoms with E-state index in [1.807, 2.05) is 11.8 Å². The first-order valence-corrected chi connectivity index (χ1v) is 16.7. The minimum atomic E-state index is -1.10. The number of nitrogens with one attached hydrogen (secondary N) is 1. The van der Waals surface area contributed by atoms with Gasteiger partial charge in [0.05, 0.1) is 18.4 Å². The molecule has 2 aromatic rings. The lowest BCUT2D eigenvalue weighted by Gasteiger charge is -2.36. The summed E-state index contributed by atoms with van der Waals surface area (Å²) in [5, 5.41) is 2.78. The molecule has 0 bridgehead atoms. The molecule has 3 amide bonds. The van der Waals surface area contributed by atoms with Crippen LogP contribution in [0, 0.1) is 5.82 Å². The number of carbonyl (C=O) groups is 4. The van der Waals surface area contributed by atoms with Crippen LogP contribution in [0.25, 0.3) is 11.3 Å². The van der Waals surface area contributed by atoms with E-state index in [1.165, 1.54) is 6.07 Å². The SMILES string of the molecule is CCCCOC(=O)N1CCN(C(=O)C(CCC(=O)OC(C)(C)C)NC(=O)c2cc(N3CCC(OC)C3)c(F)c(-c3ccccc3)n2)CC1. The normalized spacial score (nSPS) is 17.2. The molecule has 13 heteroatoms. The minimum absolute atomic E-state index is 0.0118. The van der Waals surface area contributed by atoms with Crippen molar-refractivity contribution in [2.45, 2.75) is 77.5 Å². The molecular weight excluding hydrogens is 621 g/mol. The zero-order chi connectivity index (χ0) is 34.8. The van der Waals surface area contributed by atoms with Crippen LogP contribution in [0.2, 0.25) is 0 Å². The van der Waals surface area contributed by atoms with Gasteiger partial charge in [-0.3, -0.25) is 14.4 Å². The Morgan fingerprint density at radius 2 is 1.73 bits per heavy atom. The average molecular weight is 670 g/mol. The molecule has 262 valence electrons. The van der Waals surface area contributed by atoms with Crippen molar-refractivity contribution in [1.29, 1.82) is 0 Å². The third kappa shape index (κ3) is 9.88. The Bertz CT molecular complexity index is 1430. The van der Waals surface area contributed by atoms with Gasteiger partial charge in [-0.1, -0.05) is 43.7 Å². The topological polar surface area (TPSA) is 131 Å². The number of ether oxygens (including phenoxy) is 3. The maximum atomic E-state index is 16.0. The fourth-order valence-corrected chi connectivity index (χ4v) is 5.66. The van der Waals surface area contributed by atoms with E-state index in [-0.39, 0.29) is 62.2 Å². The van der Waals surface area contributed by atoms with Crippen LogP contribution < -0.4 is 10.2 Å². The molecule has 4 rings (SSSR count). The number of hydrogen-bond donors (Lipinski definition) is 1. The van der Waals surface area contributed by atoms with Crippen LogP contribution in [0.1, 0.15) is 70.3 Å². The van der Waals surface area contributed by atoms with Gasteiger partial charge < -0.3 is 34.2 Å². The van der Waals surface area contributed by atoms with Gasteiger partial charge in [0.25, 0.3) is 5.91 Å². The van der Waals surface area contributed by atoms with Crippen molar-refractivity contribution in [3.05, 3.63) is 47.9 Å². The summed E-state index contributed by atoms with van der Waals surface area (Å²) in [5.41, 5.74) is -0.0654. The van der Waals surface area contributed by atoms with Crippen LogP contribution in [-0.2, 0) is 23.8 Å². The van der Waals surface area contributed by atoms with Crippen molar-refractivity contribution < 1.29 is 37.8 Å². The number of anilines is 1. The van der Waals surface area contributed by atoms with Crippen LogP contribution in [0.4, 0.5) is 14.9 Å². The molecule has 2 atom stereocenters. The molecule has 2 aliphatic heterocycles. The van der Waals surface area contributed by atoms with Gasteiger partial charge in [-0.2, -0.15) is 0 Å². The van der Waals surface area contributed by atoms with Gasteiger partial charge in [0, 0.05) is 58.4 Å². The quantitative estimate of drug-likeness (QED) is 0.258. The number of pyridine rings is 1. The Morgan fingerprint density at radius 3 is 2.35 bits per heavy atom. The zero-order valence-corrected chi connectivity index (χ0v) is 28.6. The van der Waals surface area contributed by atoms with Gasteiger partial charge in [-0.25, -0.2) is 14.2 Å². The number of nitrogens with zero attached hydrogens (tertiary/aromatic N) is 4. The van der Waals surface area contributed by atoms with E-state index < -0.39 is 41.3 Å². The highest BCUT2D eigenvalue weighted by Crippen LogP contribution is 2.32. The number of methoxy groups -OCH3 is 1. The Morgan fingerprint density at radius 1 is 1.04 bits per heavy atom. The van der Waals surface area contributed by atoms with Gasteiger partial charge >= 0.3 is 12.1 Å². The summed E-state index contributed by atoms with van der Waals surface area (Å²) >= 11 is 0. The number of piperazine rings is 1. The van der Waals surface area contributed by atoms with Gasteiger partial charge in [-0.05, 0) is 46.1 Å². The van der Waals surface area contributed by atoms with Gasteiger partial charge in [-0.15, -0.1) is 0 Å². The maximum absolute atomic E-state index is 16.0. The van der Waals surface area contributed by atoms with Crippen LogP contribution in [0.15, 0.2) is 36.4 Å². The molecule has 2 saturated heterocycles. The van der Waals surface area contributed by atoms with Crippen molar-refractivity contribution >= 4 is 29.6 Å². The molecule has 1 aromatic heterocycles. The summed E-state index contributed by atoms with van der Waals surface area (Å²) in [6.07, 6.45) is 1.72. The minimum Gasteiger partial charge on any atom is -0.460 e. The number of amides is 3. The lowest BCUT2D eigenvalue weighted by Crippen LogP contribution is -2.56. The molecule has 0 spiro atoms. The number of benzene rings is 1. The summed E-state index contributed by atoms with van der Waals surface area (Å²) in [5.74, 6) is -2.15. The van der Waals surface area contributed by atoms with E-state index in [0.29, 0.717) is 31.7 Å². The van der Waals surface area contributed by atoms with Crippen molar-refractivity contribution in [3.8, 4) is 11.3 Å². The van der Waals surface area contributed by atoms with E-state index in [2.05, 4.69) is 10.3 Å². The Kier molecular flexibility index (Phi) is 12.7. The number of unbranched alkanes of at least 4 members (excludes halogenated alkanes) is 1. The Labute approximate surface area is 281 Å². The molecule has 1 aromatic carbocycles. The monoisotopic (exact) mass is 669 g/mol. The largest absolute Gasteiger partial charge is 0.460 e. The number of halogens is 1. The van der Waals surface area contributed by atoms with Crippen molar-refractivity contribution in [2.75, 3.05) is 57.9 Å². The molecule has 3 heterocycles. The lowest BCUT2D eigenvalue weighted by molar-refractivity contribution is -0.155. The summed E-state index contributed by atoms with van der Waals surface area (Å²) in [6.45, 7) is 9.57. The highest BCUT2D eigenvalue weighted by Gasteiger charge is 2.33. The highest BCUT2D eigenvalue weighted by atomic mass is 19.1. The van der Waals surface area contributed by atoms with Crippen molar-refractivity contribution in [1.82, 2.24) is 20.1 Å². The summed E-state index contributed by atoms with van der Waals surface area (Å²) < 4.78 is 32.3.